The Hall–Kier alpha value is -2.52. The number of morpholine rings is 1. The molecule has 0 radical (unpaired) electrons. The van der Waals surface area contributed by atoms with Crippen LogP contribution >= 0.6 is 0 Å². The second-order valence-electron chi connectivity index (χ2n) is 9.00. The van der Waals surface area contributed by atoms with Crippen LogP contribution < -0.4 is 0 Å². The molecule has 1 aliphatic carbocycles. The van der Waals surface area contributed by atoms with Crippen LogP contribution in [0, 0.1) is 0 Å². The van der Waals surface area contributed by atoms with Crippen LogP contribution in [0.4, 0.5) is 0 Å². The first-order valence-electron chi connectivity index (χ1n) is 10.6. The van der Waals surface area contributed by atoms with Crippen molar-refractivity contribution in [3.63, 3.8) is 0 Å². The molecule has 1 fully saturated rings. The van der Waals surface area contributed by atoms with Crippen LogP contribution in [0.1, 0.15) is 37.5 Å². The summed E-state index contributed by atoms with van der Waals surface area (Å²) < 4.78 is 36.2. The molecule has 0 saturated carbocycles. The van der Waals surface area contributed by atoms with Crippen molar-refractivity contribution >= 4 is 15.7 Å². The average molecular weight is 457 g/mol. The molecule has 32 heavy (non-hydrogen) atoms. The van der Waals surface area contributed by atoms with E-state index in [0.717, 1.165) is 5.56 Å². The summed E-state index contributed by atoms with van der Waals surface area (Å²) in [5.41, 5.74) is 2.43. The number of benzene rings is 2. The van der Waals surface area contributed by atoms with Crippen molar-refractivity contribution in [3.05, 3.63) is 77.0 Å². The van der Waals surface area contributed by atoms with Gasteiger partial charge in [0.1, 0.15) is 0 Å². The molecule has 8 heteroatoms. The quantitative estimate of drug-likeness (QED) is 0.734. The monoisotopic (exact) mass is 456 g/mol. The molecule has 0 amide bonds. The molecular weight excluding hydrogens is 428 g/mol. The third-order valence-electron chi connectivity index (χ3n) is 5.81. The van der Waals surface area contributed by atoms with Crippen LogP contribution in [-0.4, -0.2) is 55.5 Å². The Bertz CT molecular complexity index is 1180. The fraction of sp³-hybridized carbons (Fsp3) is 0.375. The Morgan fingerprint density at radius 3 is 2.47 bits per heavy atom. The topological polar surface area (TPSA) is 99.4 Å². The summed E-state index contributed by atoms with van der Waals surface area (Å²) in [5.74, 6) is -1.72. The average Bonchev–Trinajstić information content (AvgIpc) is 2.75. The van der Waals surface area contributed by atoms with Gasteiger partial charge in [0.2, 0.25) is 5.79 Å². The van der Waals surface area contributed by atoms with E-state index in [-0.39, 0.29) is 35.8 Å². The van der Waals surface area contributed by atoms with Gasteiger partial charge in [-0.1, -0.05) is 57.2 Å². The Balaban J connectivity index is 1.82. The summed E-state index contributed by atoms with van der Waals surface area (Å²) in [5, 5.41) is 20.8. The van der Waals surface area contributed by atoms with E-state index in [4.69, 9.17) is 4.74 Å². The molecule has 2 aromatic carbocycles. The van der Waals surface area contributed by atoms with Gasteiger partial charge < -0.3 is 19.8 Å². The lowest BCUT2D eigenvalue weighted by molar-refractivity contribution is -0.219. The maximum Gasteiger partial charge on any atom is 0.282 e. The van der Waals surface area contributed by atoms with Crippen LogP contribution in [0.3, 0.4) is 0 Å². The molecule has 0 aromatic heterocycles. The maximum atomic E-state index is 13.2. The first kappa shape index (κ1) is 22.7. The Morgan fingerprint density at radius 1 is 1.12 bits per heavy atom. The molecule has 2 aromatic rings. The first-order chi connectivity index (χ1) is 15.1. The highest BCUT2D eigenvalue weighted by atomic mass is 32.2. The fourth-order valence-electron chi connectivity index (χ4n) is 4.06. The minimum Gasteiger partial charge on any atom is -0.395 e. The van der Waals surface area contributed by atoms with Crippen LogP contribution in [0.15, 0.2) is 69.6 Å². The second-order valence-corrected chi connectivity index (χ2v) is 10.6. The largest absolute Gasteiger partial charge is 0.395 e. The molecule has 1 heterocycles. The third kappa shape index (κ3) is 3.99. The zero-order chi connectivity index (χ0) is 23.1. The van der Waals surface area contributed by atoms with Crippen molar-refractivity contribution in [1.29, 1.82) is 0 Å². The predicted octanol–water partition coefficient (Wildman–Crippen LogP) is 2.53. The van der Waals surface area contributed by atoms with E-state index in [9.17, 15) is 18.6 Å². The molecule has 1 aliphatic heterocycles. The van der Waals surface area contributed by atoms with Gasteiger partial charge in [0.05, 0.1) is 29.5 Å². The maximum absolute atomic E-state index is 13.2. The van der Waals surface area contributed by atoms with Crippen molar-refractivity contribution in [3.8, 4) is 0 Å². The standard InChI is InChI=1S/C24H28N2O5S/c1-23(2,3)17-8-10-18(11-9-17)32(29,30)25-21-16-22-24(28,20-7-5-4-6-19(20)21)31-15-13-26(22)12-14-27/h4-11,16,27-28H,12-15H2,1-3H3. The third-order valence-corrected chi connectivity index (χ3v) is 7.11. The zero-order valence-corrected chi connectivity index (χ0v) is 19.3. The smallest absolute Gasteiger partial charge is 0.282 e. The molecule has 170 valence electrons. The van der Waals surface area contributed by atoms with Crippen LogP contribution in [0.2, 0.25) is 0 Å². The van der Waals surface area contributed by atoms with E-state index >= 15 is 0 Å². The number of nitrogens with zero attached hydrogens (tertiary/aromatic N) is 2. The molecule has 1 unspecified atom stereocenters. The number of β-amino-alcohol motifs (C(OH)–C–C–N with tert-alkyl or cyclic N) is 1. The molecule has 0 spiro atoms. The number of sulfonamides is 1. The van der Waals surface area contributed by atoms with E-state index in [1.807, 2.05) is 0 Å². The lowest BCUT2D eigenvalue weighted by Crippen LogP contribution is -2.50. The Kier molecular flexibility index (Phi) is 5.75. The fourth-order valence-corrected chi connectivity index (χ4v) is 5.06. The van der Waals surface area contributed by atoms with Gasteiger partial charge in [-0.3, -0.25) is 0 Å². The van der Waals surface area contributed by atoms with Crippen LogP contribution in [0.5, 0.6) is 0 Å². The number of allylic oxidation sites excluding steroid dienone is 1. The van der Waals surface area contributed by atoms with Gasteiger partial charge in [-0.2, -0.15) is 12.8 Å². The number of fused-ring (bicyclic) bond motifs is 3. The number of hydrogen-bond donors (Lipinski definition) is 2. The summed E-state index contributed by atoms with van der Waals surface area (Å²) in [7, 11) is -4.00. The minimum absolute atomic E-state index is 0.0947. The van der Waals surface area contributed by atoms with E-state index in [0.29, 0.717) is 23.4 Å². The molecule has 4 rings (SSSR count). The molecule has 1 saturated heterocycles. The summed E-state index contributed by atoms with van der Waals surface area (Å²) in [6.45, 7) is 7.10. The van der Waals surface area contributed by atoms with Gasteiger partial charge >= 0.3 is 0 Å². The van der Waals surface area contributed by atoms with E-state index in [1.165, 1.54) is 6.08 Å². The van der Waals surface area contributed by atoms with Crippen molar-refractivity contribution in [2.75, 3.05) is 26.3 Å². The minimum atomic E-state index is -4.00. The van der Waals surface area contributed by atoms with Crippen LogP contribution in [-0.2, 0) is 26.0 Å². The summed E-state index contributed by atoms with van der Waals surface area (Å²) >= 11 is 0. The van der Waals surface area contributed by atoms with E-state index in [2.05, 4.69) is 25.2 Å². The van der Waals surface area contributed by atoms with Crippen molar-refractivity contribution < 1.29 is 23.4 Å². The summed E-state index contributed by atoms with van der Waals surface area (Å²) in [4.78, 5) is 1.89. The summed E-state index contributed by atoms with van der Waals surface area (Å²) in [6.07, 6.45) is 1.54. The molecule has 0 bridgehead atoms. The SMILES string of the molecule is CC(C)(C)c1ccc(S(=O)(=O)N=C2C=C3N(CCO)CCOC3(O)c3ccccc32)cc1. The Labute approximate surface area is 188 Å². The Morgan fingerprint density at radius 2 is 1.81 bits per heavy atom. The highest BCUT2D eigenvalue weighted by molar-refractivity contribution is 7.90. The number of rotatable bonds is 4. The van der Waals surface area contributed by atoms with Crippen molar-refractivity contribution in [2.45, 2.75) is 36.9 Å². The van der Waals surface area contributed by atoms with Crippen molar-refractivity contribution in [1.82, 2.24) is 4.90 Å². The lowest BCUT2D eigenvalue weighted by atomic mass is 9.86. The second kappa shape index (κ2) is 8.12. The van der Waals surface area contributed by atoms with E-state index in [1.54, 1.807) is 53.4 Å². The molecule has 2 N–H and O–H groups in total. The zero-order valence-electron chi connectivity index (χ0n) is 18.4. The highest BCUT2D eigenvalue weighted by Gasteiger charge is 2.46. The van der Waals surface area contributed by atoms with Gasteiger partial charge in [0.25, 0.3) is 10.0 Å². The van der Waals surface area contributed by atoms with Crippen LogP contribution in [0.25, 0.3) is 0 Å². The molecular formula is C24H28N2O5S. The van der Waals surface area contributed by atoms with Gasteiger partial charge in [-0.05, 0) is 29.2 Å². The normalized spacial score (nSPS) is 22.3. The number of aliphatic hydroxyl groups is 2. The first-order valence-corrected chi connectivity index (χ1v) is 12.0. The molecule has 1 atom stereocenters. The van der Waals surface area contributed by atoms with Gasteiger partial charge in [0.15, 0.2) is 0 Å². The van der Waals surface area contributed by atoms with Crippen molar-refractivity contribution in [2.24, 2.45) is 4.40 Å². The molecule has 2 aliphatic rings. The summed E-state index contributed by atoms with van der Waals surface area (Å²) in [6, 6.07) is 13.7. The number of hydrogen-bond acceptors (Lipinski definition) is 6. The van der Waals surface area contributed by atoms with E-state index < -0.39 is 15.8 Å². The van der Waals surface area contributed by atoms with Gasteiger partial charge in [-0.25, -0.2) is 0 Å². The lowest BCUT2D eigenvalue weighted by Gasteiger charge is -2.45. The van der Waals surface area contributed by atoms with Gasteiger partial charge in [0, 0.05) is 24.2 Å². The number of aliphatic hydroxyl groups excluding tert-OH is 1. The predicted molar refractivity (Wildman–Crippen MR) is 122 cm³/mol. The highest BCUT2D eigenvalue weighted by Crippen LogP contribution is 2.41. The molecule has 7 nitrogen and oxygen atoms in total. The van der Waals surface area contributed by atoms with Gasteiger partial charge in [-0.15, -0.1) is 0 Å². The number of ether oxygens (including phenoxy) is 1.